The van der Waals surface area contributed by atoms with Crippen molar-refractivity contribution in [2.45, 2.75) is 123 Å². The van der Waals surface area contributed by atoms with E-state index in [4.69, 9.17) is 9.47 Å². The molecule has 5 nitrogen and oxygen atoms in total. The Morgan fingerprint density at radius 2 is 1.35 bits per heavy atom. The number of ether oxygens (including phenoxy) is 2. The number of carbonyl (C=O) groups excluding carboxylic acids is 2. The third-order valence-corrected chi connectivity index (χ3v) is 5.67. The molecule has 2 unspecified atom stereocenters. The van der Waals surface area contributed by atoms with Crippen LogP contribution in [0.3, 0.4) is 0 Å². The van der Waals surface area contributed by atoms with Gasteiger partial charge in [0.15, 0.2) is 0 Å². The minimum Gasteiger partial charge on any atom is -0.462 e. The minimum absolute atomic E-state index is 0.0195. The van der Waals surface area contributed by atoms with Crippen LogP contribution in [0.1, 0.15) is 117 Å². The number of hydrogen-bond donors (Lipinski definition) is 0. The SMILES string of the molecule is CCCCCCCCCCC(CCCC)C(=O)OCC(C)OC(=O)CCCCN(C)C. The van der Waals surface area contributed by atoms with Crippen LogP contribution in [0.4, 0.5) is 0 Å². The van der Waals surface area contributed by atoms with Crippen molar-refractivity contribution < 1.29 is 19.1 Å². The van der Waals surface area contributed by atoms with Crippen LogP contribution in [0, 0.1) is 5.92 Å². The molecule has 0 N–H and O–H groups in total. The van der Waals surface area contributed by atoms with Crippen molar-refractivity contribution in [1.29, 1.82) is 0 Å². The molecule has 0 rings (SSSR count). The van der Waals surface area contributed by atoms with Gasteiger partial charge in [-0.05, 0) is 53.2 Å². The summed E-state index contributed by atoms with van der Waals surface area (Å²) < 4.78 is 10.9. The van der Waals surface area contributed by atoms with Crippen molar-refractivity contribution in [2.75, 3.05) is 27.2 Å². The van der Waals surface area contributed by atoms with E-state index in [1.807, 2.05) is 14.1 Å². The maximum atomic E-state index is 12.6. The van der Waals surface area contributed by atoms with Gasteiger partial charge in [0.05, 0.1) is 5.92 Å². The molecule has 0 saturated carbocycles. The maximum absolute atomic E-state index is 12.6. The number of esters is 2. The van der Waals surface area contributed by atoms with Crippen LogP contribution in [0.2, 0.25) is 0 Å². The molecule has 0 aliphatic carbocycles. The molecule has 31 heavy (non-hydrogen) atoms. The Morgan fingerprint density at radius 1 is 0.774 bits per heavy atom. The maximum Gasteiger partial charge on any atom is 0.309 e. The topological polar surface area (TPSA) is 55.8 Å². The standard InChI is InChI=1S/C26H51NO4/c1-6-8-10-11-12-13-14-15-19-24(18-9-7-2)26(29)30-22-23(3)31-25(28)20-16-17-21-27(4)5/h23-24H,6-22H2,1-5H3. The Hall–Kier alpha value is -1.10. The molecular weight excluding hydrogens is 390 g/mol. The van der Waals surface area contributed by atoms with E-state index in [1.54, 1.807) is 6.92 Å². The molecule has 0 aliphatic heterocycles. The normalized spacial score (nSPS) is 13.2. The molecule has 184 valence electrons. The van der Waals surface area contributed by atoms with Crippen molar-refractivity contribution in [1.82, 2.24) is 4.90 Å². The summed E-state index contributed by atoms with van der Waals surface area (Å²) in [6.45, 7) is 7.32. The second-order valence-corrected chi connectivity index (χ2v) is 9.29. The fourth-order valence-electron chi connectivity index (χ4n) is 3.69. The highest BCUT2D eigenvalue weighted by Crippen LogP contribution is 2.20. The number of hydrogen-bond acceptors (Lipinski definition) is 5. The summed E-state index contributed by atoms with van der Waals surface area (Å²) >= 11 is 0. The zero-order valence-electron chi connectivity index (χ0n) is 21.3. The van der Waals surface area contributed by atoms with Crippen LogP contribution in [-0.2, 0) is 19.1 Å². The van der Waals surface area contributed by atoms with Crippen molar-refractivity contribution >= 4 is 11.9 Å². The van der Waals surface area contributed by atoms with Crippen LogP contribution < -0.4 is 0 Å². The van der Waals surface area contributed by atoms with Crippen molar-refractivity contribution in [3.63, 3.8) is 0 Å². The number of carbonyl (C=O) groups is 2. The number of unbranched alkanes of at least 4 members (excludes halogenated alkanes) is 9. The molecule has 2 atom stereocenters. The minimum atomic E-state index is -0.389. The third-order valence-electron chi connectivity index (χ3n) is 5.67. The molecule has 0 aromatic carbocycles. The first-order valence-corrected chi connectivity index (χ1v) is 12.9. The first-order chi connectivity index (χ1) is 14.9. The molecule has 0 saturated heterocycles. The van der Waals surface area contributed by atoms with Gasteiger partial charge in [-0.2, -0.15) is 0 Å². The van der Waals surface area contributed by atoms with Gasteiger partial charge >= 0.3 is 11.9 Å². The lowest BCUT2D eigenvalue weighted by molar-refractivity contribution is -0.160. The highest BCUT2D eigenvalue weighted by molar-refractivity contribution is 5.72. The van der Waals surface area contributed by atoms with Gasteiger partial charge in [0, 0.05) is 6.42 Å². The lowest BCUT2D eigenvalue weighted by Crippen LogP contribution is -2.26. The average Bonchev–Trinajstić information content (AvgIpc) is 2.73. The van der Waals surface area contributed by atoms with Crippen LogP contribution in [-0.4, -0.2) is 50.2 Å². The van der Waals surface area contributed by atoms with Gasteiger partial charge in [0.1, 0.15) is 12.7 Å². The zero-order valence-corrected chi connectivity index (χ0v) is 21.3. The summed E-state index contributed by atoms with van der Waals surface area (Å²) in [5, 5.41) is 0. The van der Waals surface area contributed by atoms with Crippen LogP contribution in [0.5, 0.6) is 0 Å². The average molecular weight is 442 g/mol. The quantitative estimate of drug-likeness (QED) is 0.150. The zero-order chi connectivity index (χ0) is 23.3. The van der Waals surface area contributed by atoms with E-state index in [0.29, 0.717) is 6.42 Å². The predicted octanol–water partition coefficient (Wildman–Crippen LogP) is 6.53. The lowest BCUT2D eigenvalue weighted by Gasteiger charge is -2.18. The Kier molecular flexibility index (Phi) is 20.0. The van der Waals surface area contributed by atoms with Gasteiger partial charge in [-0.1, -0.05) is 78.1 Å². The van der Waals surface area contributed by atoms with Crippen LogP contribution in [0.15, 0.2) is 0 Å². The molecular formula is C26H51NO4. The molecule has 0 aromatic rings. The Balaban J connectivity index is 4.08. The Bertz CT molecular complexity index is 439. The molecule has 0 aromatic heterocycles. The molecule has 0 aliphatic rings. The largest absolute Gasteiger partial charge is 0.462 e. The van der Waals surface area contributed by atoms with Crippen LogP contribution >= 0.6 is 0 Å². The van der Waals surface area contributed by atoms with Crippen molar-refractivity contribution in [3.8, 4) is 0 Å². The fraction of sp³-hybridized carbons (Fsp3) is 0.923. The van der Waals surface area contributed by atoms with E-state index in [2.05, 4.69) is 18.7 Å². The molecule has 0 heterocycles. The monoisotopic (exact) mass is 441 g/mol. The fourth-order valence-corrected chi connectivity index (χ4v) is 3.69. The summed E-state index contributed by atoms with van der Waals surface area (Å²) in [5.41, 5.74) is 0. The van der Waals surface area contributed by atoms with E-state index >= 15 is 0 Å². The Labute approximate surface area is 192 Å². The van der Waals surface area contributed by atoms with Gasteiger partial charge in [-0.3, -0.25) is 9.59 Å². The second-order valence-electron chi connectivity index (χ2n) is 9.29. The number of nitrogens with zero attached hydrogens (tertiary/aromatic N) is 1. The summed E-state index contributed by atoms with van der Waals surface area (Å²) in [7, 11) is 4.05. The highest BCUT2D eigenvalue weighted by Gasteiger charge is 2.21. The summed E-state index contributed by atoms with van der Waals surface area (Å²) in [4.78, 5) is 26.6. The van der Waals surface area contributed by atoms with Crippen molar-refractivity contribution in [3.05, 3.63) is 0 Å². The second kappa shape index (κ2) is 20.8. The Morgan fingerprint density at radius 3 is 1.97 bits per heavy atom. The first-order valence-electron chi connectivity index (χ1n) is 12.9. The van der Waals surface area contributed by atoms with Crippen LogP contribution in [0.25, 0.3) is 0 Å². The van der Waals surface area contributed by atoms with Gasteiger partial charge < -0.3 is 14.4 Å². The number of rotatable bonds is 21. The molecule has 0 amide bonds. The lowest BCUT2D eigenvalue weighted by atomic mass is 9.95. The smallest absolute Gasteiger partial charge is 0.309 e. The van der Waals surface area contributed by atoms with E-state index in [0.717, 1.165) is 51.5 Å². The van der Waals surface area contributed by atoms with Gasteiger partial charge in [-0.25, -0.2) is 0 Å². The molecule has 0 bridgehead atoms. The van der Waals surface area contributed by atoms with E-state index < -0.39 is 0 Å². The predicted molar refractivity (Wildman–Crippen MR) is 129 cm³/mol. The van der Waals surface area contributed by atoms with E-state index in [1.165, 1.54) is 44.9 Å². The highest BCUT2D eigenvalue weighted by atomic mass is 16.6. The van der Waals surface area contributed by atoms with Crippen molar-refractivity contribution in [2.24, 2.45) is 5.92 Å². The van der Waals surface area contributed by atoms with Gasteiger partial charge in [-0.15, -0.1) is 0 Å². The summed E-state index contributed by atoms with van der Waals surface area (Å²) in [6.07, 6.45) is 15.9. The van der Waals surface area contributed by atoms with E-state index in [9.17, 15) is 9.59 Å². The van der Waals surface area contributed by atoms with Gasteiger partial charge in [0.2, 0.25) is 0 Å². The summed E-state index contributed by atoms with van der Waals surface area (Å²) in [5.74, 6) is -0.344. The van der Waals surface area contributed by atoms with E-state index in [-0.39, 0.29) is 30.6 Å². The first kappa shape index (κ1) is 29.9. The van der Waals surface area contributed by atoms with Gasteiger partial charge in [0.25, 0.3) is 0 Å². The molecule has 5 heteroatoms. The molecule has 0 fully saturated rings. The molecule has 0 radical (unpaired) electrons. The molecule has 0 spiro atoms. The third kappa shape index (κ3) is 19.3. The summed E-state index contributed by atoms with van der Waals surface area (Å²) in [6, 6.07) is 0.